The lowest BCUT2D eigenvalue weighted by molar-refractivity contribution is -0.120. The Kier molecular flexibility index (Phi) is 5.48. The number of carbonyl (C=O) groups excluding carboxylic acids is 1. The Morgan fingerprint density at radius 3 is 2.70 bits per heavy atom. The van der Waals surface area contributed by atoms with Crippen LogP contribution in [0, 0.1) is 5.92 Å². The van der Waals surface area contributed by atoms with Gasteiger partial charge in [-0.05, 0) is 37.0 Å². The van der Waals surface area contributed by atoms with Crippen molar-refractivity contribution in [3.8, 4) is 0 Å². The van der Waals surface area contributed by atoms with Crippen LogP contribution in [0.1, 0.15) is 25.3 Å². The van der Waals surface area contributed by atoms with Crippen LogP contribution in [0.4, 0.5) is 11.5 Å². The smallest absolute Gasteiger partial charge is 0.332 e. The fourth-order valence-corrected chi connectivity index (χ4v) is 3.54. The summed E-state index contributed by atoms with van der Waals surface area (Å²) in [5.41, 5.74) is 1.28. The number of aryl methyl sites for hydroxylation is 1. The normalized spacial score (nSPS) is 17.0. The molecule has 0 aliphatic carbocycles. The third-order valence-electron chi connectivity index (χ3n) is 5.22. The Bertz CT molecular complexity index is 960. The SMILES string of the molecule is CCc1cccc(NC(=O)[C@@H]2CCCN(c3cc(=O)n(C)c(=O)n3C)C2)c1. The van der Waals surface area contributed by atoms with Crippen molar-refractivity contribution >= 4 is 17.4 Å². The lowest BCUT2D eigenvalue weighted by Crippen LogP contribution is -2.45. The molecule has 1 aliphatic rings. The van der Waals surface area contributed by atoms with E-state index in [1.807, 2.05) is 29.2 Å². The van der Waals surface area contributed by atoms with Gasteiger partial charge in [-0.1, -0.05) is 19.1 Å². The molecule has 27 heavy (non-hydrogen) atoms. The first-order valence-electron chi connectivity index (χ1n) is 9.32. The average molecular weight is 370 g/mol. The molecule has 0 radical (unpaired) electrons. The van der Waals surface area contributed by atoms with Gasteiger partial charge in [0.15, 0.2) is 0 Å². The van der Waals surface area contributed by atoms with Crippen LogP contribution in [0.2, 0.25) is 0 Å². The van der Waals surface area contributed by atoms with Gasteiger partial charge >= 0.3 is 5.69 Å². The van der Waals surface area contributed by atoms with Crippen molar-refractivity contribution in [2.24, 2.45) is 20.0 Å². The molecule has 0 saturated carbocycles. The van der Waals surface area contributed by atoms with Crippen LogP contribution in [0.15, 0.2) is 39.9 Å². The molecule has 1 amide bonds. The molecular weight excluding hydrogens is 344 g/mol. The minimum Gasteiger partial charge on any atom is -0.357 e. The summed E-state index contributed by atoms with van der Waals surface area (Å²) in [5, 5.41) is 3.00. The van der Waals surface area contributed by atoms with Crippen LogP contribution in [-0.4, -0.2) is 28.1 Å². The molecule has 1 aliphatic heterocycles. The van der Waals surface area contributed by atoms with Crippen LogP contribution in [0.25, 0.3) is 0 Å². The zero-order valence-electron chi connectivity index (χ0n) is 16.1. The second-order valence-electron chi connectivity index (χ2n) is 7.07. The molecule has 144 valence electrons. The highest BCUT2D eigenvalue weighted by atomic mass is 16.2. The number of nitrogens with zero attached hydrogens (tertiary/aromatic N) is 3. The molecule has 2 heterocycles. The summed E-state index contributed by atoms with van der Waals surface area (Å²) in [6.07, 6.45) is 2.53. The van der Waals surface area contributed by atoms with Crippen LogP contribution in [0.5, 0.6) is 0 Å². The largest absolute Gasteiger partial charge is 0.357 e. The van der Waals surface area contributed by atoms with Gasteiger partial charge in [-0.25, -0.2) is 4.79 Å². The number of anilines is 2. The summed E-state index contributed by atoms with van der Waals surface area (Å²) in [6, 6.07) is 9.32. The van der Waals surface area contributed by atoms with Gasteiger partial charge in [0.25, 0.3) is 5.56 Å². The summed E-state index contributed by atoms with van der Waals surface area (Å²) >= 11 is 0. The number of hydrogen-bond donors (Lipinski definition) is 1. The molecule has 0 bridgehead atoms. The molecule has 1 atom stereocenters. The maximum absolute atomic E-state index is 12.7. The molecule has 1 aromatic heterocycles. The number of piperidine rings is 1. The third kappa shape index (κ3) is 3.97. The lowest BCUT2D eigenvalue weighted by Gasteiger charge is -2.34. The van der Waals surface area contributed by atoms with E-state index in [0.717, 1.165) is 36.1 Å². The first kappa shape index (κ1) is 18.9. The Hall–Kier alpha value is -2.83. The average Bonchev–Trinajstić information content (AvgIpc) is 2.69. The fourth-order valence-electron chi connectivity index (χ4n) is 3.54. The topological polar surface area (TPSA) is 76.3 Å². The molecule has 1 aromatic carbocycles. The molecule has 2 aromatic rings. The Morgan fingerprint density at radius 2 is 1.96 bits per heavy atom. The maximum atomic E-state index is 12.7. The zero-order chi connectivity index (χ0) is 19.6. The first-order chi connectivity index (χ1) is 12.9. The van der Waals surface area contributed by atoms with Gasteiger partial charge in [0.1, 0.15) is 5.82 Å². The van der Waals surface area contributed by atoms with Crippen molar-refractivity contribution in [3.05, 3.63) is 56.7 Å². The van der Waals surface area contributed by atoms with Crippen molar-refractivity contribution in [2.45, 2.75) is 26.2 Å². The van der Waals surface area contributed by atoms with E-state index in [2.05, 4.69) is 12.2 Å². The summed E-state index contributed by atoms with van der Waals surface area (Å²) in [4.78, 5) is 38.9. The van der Waals surface area contributed by atoms with E-state index in [1.54, 1.807) is 7.05 Å². The molecule has 1 fully saturated rings. The maximum Gasteiger partial charge on any atom is 0.332 e. The number of carbonyl (C=O) groups is 1. The van der Waals surface area contributed by atoms with Crippen LogP contribution >= 0.6 is 0 Å². The van der Waals surface area contributed by atoms with Crippen molar-refractivity contribution in [2.75, 3.05) is 23.3 Å². The van der Waals surface area contributed by atoms with E-state index in [-0.39, 0.29) is 23.1 Å². The summed E-state index contributed by atoms with van der Waals surface area (Å²) in [7, 11) is 3.11. The number of aromatic nitrogens is 2. The van der Waals surface area contributed by atoms with E-state index in [9.17, 15) is 14.4 Å². The van der Waals surface area contributed by atoms with E-state index in [0.29, 0.717) is 12.4 Å². The minimum absolute atomic E-state index is 0.0261. The Balaban J connectivity index is 1.77. The van der Waals surface area contributed by atoms with E-state index in [4.69, 9.17) is 0 Å². The quantitative estimate of drug-likeness (QED) is 0.885. The zero-order valence-corrected chi connectivity index (χ0v) is 16.1. The number of nitrogens with one attached hydrogen (secondary N) is 1. The fraction of sp³-hybridized carbons (Fsp3) is 0.450. The summed E-state index contributed by atoms with van der Waals surface area (Å²) in [5.74, 6) is 0.346. The lowest BCUT2D eigenvalue weighted by atomic mass is 9.97. The molecule has 7 nitrogen and oxygen atoms in total. The van der Waals surface area contributed by atoms with Gasteiger partial charge in [0, 0.05) is 38.9 Å². The van der Waals surface area contributed by atoms with Gasteiger partial charge < -0.3 is 10.2 Å². The van der Waals surface area contributed by atoms with Crippen molar-refractivity contribution in [1.82, 2.24) is 9.13 Å². The number of benzene rings is 1. The first-order valence-corrected chi connectivity index (χ1v) is 9.32. The molecule has 0 unspecified atom stereocenters. The van der Waals surface area contributed by atoms with Crippen LogP contribution in [0.3, 0.4) is 0 Å². The Labute approximate surface area is 158 Å². The molecule has 1 saturated heterocycles. The highest BCUT2D eigenvalue weighted by Crippen LogP contribution is 2.23. The van der Waals surface area contributed by atoms with Gasteiger partial charge in [0.05, 0.1) is 5.92 Å². The number of amides is 1. The van der Waals surface area contributed by atoms with Crippen molar-refractivity contribution in [1.29, 1.82) is 0 Å². The second-order valence-corrected chi connectivity index (χ2v) is 7.07. The summed E-state index contributed by atoms with van der Waals surface area (Å²) in [6.45, 7) is 3.28. The van der Waals surface area contributed by atoms with Gasteiger partial charge in [0.2, 0.25) is 5.91 Å². The predicted molar refractivity (Wildman–Crippen MR) is 106 cm³/mol. The monoisotopic (exact) mass is 370 g/mol. The van der Waals surface area contributed by atoms with Gasteiger partial charge in [-0.15, -0.1) is 0 Å². The third-order valence-corrected chi connectivity index (χ3v) is 5.22. The molecule has 7 heteroatoms. The van der Waals surface area contributed by atoms with E-state index in [1.165, 1.54) is 23.2 Å². The van der Waals surface area contributed by atoms with E-state index < -0.39 is 0 Å². The Morgan fingerprint density at radius 1 is 1.19 bits per heavy atom. The highest BCUT2D eigenvalue weighted by molar-refractivity contribution is 5.93. The number of rotatable bonds is 4. The van der Waals surface area contributed by atoms with Crippen molar-refractivity contribution < 1.29 is 4.79 Å². The molecule has 1 N–H and O–H groups in total. The number of hydrogen-bond acceptors (Lipinski definition) is 4. The van der Waals surface area contributed by atoms with Crippen LogP contribution < -0.4 is 21.5 Å². The van der Waals surface area contributed by atoms with Crippen molar-refractivity contribution in [3.63, 3.8) is 0 Å². The summed E-state index contributed by atoms with van der Waals surface area (Å²) < 4.78 is 2.55. The standard InChI is InChI=1S/C20H26N4O3/c1-4-14-7-5-9-16(11-14)21-19(26)15-8-6-10-24(13-15)17-12-18(25)23(3)20(27)22(17)2/h5,7,9,11-12,15H,4,6,8,10,13H2,1-3H3,(H,21,26)/t15-/m1/s1. The predicted octanol–water partition coefficient (Wildman–Crippen LogP) is 1.50. The molecular formula is C20H26N4O3. The minimum atomic E-state index is -0.361. The van der Waals surface area contributed by atoms with Gasteiger partial charge in [-0.2, -0.15) is 0 Å². The van der Waals surface area contributed by atoms with E-state index >= 15 is 0 Å². The van der Waals surface area contributed by atoms with Gasteiger partial charge in [-0.3, -0.25) is 18.7 Å². The van der Waals surface area contributed by atoms with Crippen LogP contribution in [-0.2, 0) is 25.3 Å². The highest BCUT2D eigenvalue weighted by Gasteiger charge is 2.27. The molecule has 0 spiro atoms. The molecule has 3 rings (SSSR count). The second kappa shape index (κ2) is 7.82.